The summed E-state index contributed by atoms with van der Waals surface area (Å²) in [6.07, 6.45) is 12.1. The number of likely N-dealkylation sites (tertiary alicyclic amines) is 2. The molecule has 0 aromatic heterocycles. The van der Waals surface area contributed by atoms with Crippen LogP contribution in [0.2, 0.25) is 0 Å². The fraction of sp³-hybridized carbons (Fsp3) is 0.810. The molecule has 0 N–H and O–H groups in total. The first-order valence-corrected chi connectivity index (χ1v) is 11.5. The molecule has 0 spiro atoms. The largest absolute Gasteiger partial charge is 0.343 e. The molecule has 2 amide bonds. The molecule has 0 bridgehead atoms. The van der Waals surface area contributed by atoms with Gasteiger partial charge in [0.25, 0.3) is 0 Å². The van der Waals surface area contributed by atoms with Crippen LogP contribution in [0.25, 0.3) is 0 Å². The third-order valence-corrected chi connectivity index (χ3v) is 8.31. The molecule has 0 radical (unpaired) electrons. The number of allylic oxidation sites excluding steroid dienone is 1. The zero-order valence-electron chi connectivity index (χ0n) is 16.0. The smallest absolute Gasteiger partial charge is 0.230 e. The summed E-state index contributed by atoms with van der Waals surface area (Å²) in [4.78, 5) is 30.4. The SMILES string of the molecule is CC(=O)N1CCC(C2=CC(C(=O)N3CCCC4CCCCC43)CS2)CC1. The van der Waals surface area contributed by atoms with Crippen molar-refractivity contribution in [1.29, 1.82) is 0 Å². The lowest BCUT2D eigenvalue weighted by molar-refractivity contribution is -0.139. The van der Waals surface area contributed by atoms with Crippen molar-refractivity contribution in [2.24, 2.45) is 17.8 Å². The van der Waals surface area contributed by atoms with E-state index in [2.05, 4.69) is 11.0 Å². The summed E-state index contributed by atoms with van der Waals surface area (Å²) in [6, 6.07) is 0.520. The van der Waals surface area contributed by atoms with Gasteiger partial charge in [0.2, 0.25) is 11.8 Å². The second-order valence-corrected chi connectivity index (χ2v) is 9.65. The van der Waals surface area contributed by atoms with Gasteiger partial charge in [-0.3, -0.25) is 9.59 Å². The molecule has 1 saturated carbocycles. The quantitative estimate of drug-likeness (QED) is 0.738. The van der Waals surface area contributed by atoms with Crippen molar-refractivity contribution >= 4 is 23.6 Å². The van der Waals surface area contributed by atoms with Crippen LogP contribution in [0.4, 0.5) is 0 Å². The molecule has 4 nitrogen and oxygen atoms in total. The van der Waals surface area contributed by atoms with Crippen LogP contribution in [0.5, 0.6) is 0 Å². The lowest BCUT2D eigenvalue weighted by Gasteiger charge is -2.44. The average molecular weight is 377 g/mol. The minimum absolute atomic E-state index is 0.0847. The Kier molecular flexibility index (Phi) is 5.63. The van der Waals surface area contributed by atoms with Gasteiger partial charge in [0.05, 0.1) is 5.92 Å². The molecule has 4 aliphatic rings. The fourth-order valence-corrected chi connectivity index (χ4v) is 6.81. The van der Waals surface area contributed by atoms with Gasteiger partial charge in [-0.1, -0.05) is 18.9 Å². The van der Waals surface area contributed by atoms with E-state index in [1.165, 1.54) is 43.4 Å². The number of nitrogens with zero attached hydrogens (tertiary/aromatic N) is 2. The first-order valence-electron chi connectivity index (χ1n) is 10.5. The highest BCUT2D eigenvalue weighted by Gasteiger charge is 2.39. The molecule has 3 unspecified atom stereocenters. The van der Waals surface area contributed by atoms with Gasteiger partial charge < -0.3 is 9.80 Å². The van der Waals surface area contributed by atoms with E-state index in [1.807, 2.05) is 16.7 Å². The molecule has 3 fully saturated rings. The molecule has 2 saturated heterocycles. The Labute approximate surface area is 161 Å². The second kappa shape index (κ2) is 7.95. The van der Waals surface area contributed by atoms with Gasteiger partial charge in [0.15, 0.2) is 0 Å². The van der Waals surface area contributed by atoms with E-state index in [4.69, 9.17) is 0 Å². The van der Waals surface area contributed by atoms with Crippen molar-refractivity contribution < 1.29 is 9.59 Å². The van der Waals surface area contributed by atoms with Crippen molar-refractivity contribution in [2.45, 2.75) is 64.3 Å². The maximum atomic E-state index is 13.2. The highest BCUT2D eigenvalue weighted by Crippen LogP contribution is 2.41. The third-order valence-electron chi connectivity index (χ3n) is 6.98. The predicted molar refractivity (Wildman–Crippen MR) is 106 cm³/mol. The van der Waals surface area contributed by atoms with Gasteiger partial charge in [-0.25, -0.2) is 0 Å². The molecule has 144 valence electrons. The van der Waals surface area contributed by atoms with Crippen molar-refractivity contribution in [1.82, 2.24) is 9.80 Å². The van der Waals surface area contributed by atoms with Crippen LogP contribution in [-0.4, -0.2) is 53.0 Å². The number of hydrogen-bond acceptors (Lipinski definition) is 3. The van der Waals surface area contributed by atoms with Crippen molar-refractivity contribution in [3.8, 4) is 0 Å². The van der Waals surface area contributed by atoms with Crippen LogP contribution in [0.3, 0.4) is 0 Å². The molecular weight excluding hydrogens is 344 g/mol. The summed E-state index contributed by atoms with van der Waals surface area (Å²) in [7, 11) is 0. The summed E-state index contributed by atoms with van der Waals surface area (Å²) in [5.74, 6) is 2.91. The molecular formula is C21H32N2O2S. The fourth-order valence-electron chi connectivity index (χ4n) is 5.47. The summed E-state index contributed by atoms with van der Waals surface area (Å²) >= 11 is 1.90. The second-order valence-electron chi connectivity index (χ2n) is 8.55. The zero-order chi connectivity index (χ0) is 18.1. The zero-order valence-corrected chi connectivity index (χ0v) is 16.8. The lowest BCUT2D eigenvalue weighted by Crippen LogP contribution is -2.51. The molecule has 5 heteroatoms. The molecule has 3 atom stereocenters. The monoisotopic (exact) mass is 376 g/mol. The number of carbonyl (C=O) groups is 2. The van der Waals surface area contributed by atoms with Crippen LogP contribution < -0.4 is 0 Å². The van der Waals surface area contributed by atoms with E-state index in [9.17, 15) is 9.59 Å². The van der Waals surface area contributed by atoms with Crippen molar-refractivity contribution in [3.05, 3.63) is 11.0 Å². The molecule has 0 aromatic carbocycles. The lowest BCUT2D eigenvalue weighted by atomic mass is 9.78. The molecule has 0 aromatic rings. The Hall–Kier alpha value is -0.970. The van der Waals surface area contributed by atoms with Crippen LogP contribution in [-0.2, 0) is 9.59 Å². The highest BCUT2D eigenvalue weighted by atomic mass is 32.2. The number of rotatable bonds is 2. The first-order chi connectivity index (χ1) is 12.6. The average Bonchev–Trinajstić information content (AvgIpc) is 3.17. The van der Waals surface area contributed by atoms with Crippen LogP contribution in [0.1, 0.15) is 58.3 Å². The number of hydrogen-bond donors (Lipinski definition) is 0. The molecule has 4 rings (SSSR count). The number of amides is 2. The van der Waals surface area contributed by atoms with Gasteiger partial charge in [-0.15, -0.1) is 11.8 Å². The summed E-state index contributed by atoms with van der Waals surface area (Å²) in [6.45, 7) is 4.37. The Morgan fingerprint density at radius 1 is 1.00 bits per heavy atom. The van der Waals surface area contributed by atoms with Crippen LogP contribution in [0.15, 0.2) is 11.0 Å². The number of piperidine rings is 2. The van der Waals surface area contributed by atoms with E-state index in [1.54, 1.807) is 6.92 Å². The first kappa shape index (κ1) is 18.4. The third kappa shape index (κ3) is 3.69. The minimum atomic E-state index is 0.0847. The van der Waals surface area contributed by atoms with Gasteiger partial charge >= 0.3 is 0 Å². The van der Waals surface area contributed by atoms with Crippen LogP contribution in [0, 0.1) is 17.8 Å². The minimum Gasteiger partial charge on any atom is -0.343 e. The van der Waals surface area contributed by atoms with Crippen molar-refractivity contribution in [2.75, 3.05) is 25.4 Å². The Morgan fingerprint density at radius 2 is 1.73 bits per heavy atom. The Morgan fingerprint density at radius 3 is 2.50 bits per heavy atom. The van der Waals surface area contributed by atoms with E-state index >= 15 is 0 Å². The van der Waals surface area contributed by atoms with Gasteiger partial charge in [0.1, 0.15) is 0 Å². The molecule has 3 heterocycles. The normalized spacial score (nSPS) is 33.0. The maximum Gasteiger partial charge on any atom is 0.230 e. The maximum absolute atomic E-state index is 13.2. The van der Waals surface area contributed by atoms with Gasteiger partial charge in [-0.05, 0) is 55.3 Å². The number of carbonyl (C=O) groups excluding carboxylic acids is 2. The summed E-state index contributed by atoms with van der Waals surface area (Å²) in [5, 5.41) is 0. The van der Waals surface area contributed by atoms with Crippen molar-refractivity contribution in [3.63, 3.8) is 0 Å². The number of thioether (sulfide) groups is 1. The molecule has 26 heavy (non-hydrogen) atoms. The Bertz CT molecular complexity index is 581. The van der Waals surface area contributed by atoms with Gasteiger partial charge in [-0.2, -0.15) is 0 Å². The number of fused-ring (bicyclic) bond motifs is 1. The highest BCUT2D eigenvalue weighted by molar-refractivity contribution is 8.03. The summed E-state index contributed by atoms with van der Waals surface area (Å²) < 4.78 is 0. The van der Waals surface area contributed by atoms with E-state index in [-0.39, 0.29) is 11.8 Å². The van der Waals surface area contributed by atoms with E-state index in [0.717, 1.165) is 44.1 Å². The van der Waals surface area contributed by atoms with Gasteiger partial charge in [0, 0.05) is 38.4 Å². The predicted octanol–water partition coefficient (Wildman–Crippen LogP) is 3.67. The van der Waals surface area contributed by atoms with E-state index < -0.39 is 0 Å². The van der Waals surface area contributed by atoms with E-state index in [0.29, 0.717) is 17.9 Å². The standard InChI is InChI=1S/C21H32N2O2S/c1-15(24)22-11-8-17(9-12-22)20-13-18(14-26-20)21(25)23-10-4-6-16-5-2-3-7-19(16)23/h13,16-19H,2-12,14H2,1H3. The Balaban J connectivity index is 1.38. The topological polar surface area (TPSA) is 40.6 Å². The summed E-state index contributed by atoms with van der Waals surface area (Å²) in [5.41, 5.74) is 0. The molecule has 3 aliphatic heterocycles. The molecule has 1 aliphatic carbocycles. The van der Waals surface area contributed by atoms with Crippen LogP contribution >= 0.6 is 11.8 Å².